The molecule has 0 aromatic heterocycles. The summed E-state index contributed by atoms with van der Waals surface area (Å²) in [5, 5.41) is 23.7. The van der Waals surface area contributed by atoms with Crippen molar-refractivity contribution >= 4 is 17.8 Å². The molecule has 49 heavy (non-hydrogen) atoms. The molecule has 5 N–H and O–H groups in total. The fraction of sp³-hybridized carbons (Fsp3) is 0.462. The molecule has 1 saturated heterocycles. The quantitative estimate of drug-likeness (QED) is 0.138. The van der Waals surface area contributed by atoms with E-state index in [1.54, 1.807) is 12.0 Å². The highest BCUT2D eigenvalue weighted by molar-refractivity contribution is 5.96. The molecule has 1 aliphatic rings. The summed E-state index contributed by atoms with van der Waals surface area (Å²) in [5.41, 5.74) is 1.92. The van der Waals surface area contributed by atoms with Crippen molar-refractivity contribution in [3.63, 3.8) is 0 Å². The smallest absolute Gasteiger partial charge is 0.315 e. The number of likely N-dealkylation sites (tertiary alicyclic amines) is 1. The number of carbonyl (C=O) groups is 3. The van der Waals surface area contributed by atoms with Crippen molar-refractivity contribution in [2.75, 3.05) is 26.7 Å². The van der Waals surface area contributed by atoms with Gasteiger partial charge in [-0.3, -0.25) is 9.59 Å². The van der Waals surface area contributed by atoms with E-state index in [4.69, 9.17) is 4.74 Å². The minimum Gasteiger partial charge on any atom is -0.497 e. The average Bonchev–Trinajstić information content (AvgIpc) is 3.44. The van der Waals surface area contributed by atoms with Crippen LogP contribution in [0.4, 0.5) is 4.79 Å². The number of hydrogen-bond donors (Lipinski definition) is 5. The molecule has 264 valence electrons. The molecule has 3 aromatic carbocycles. The highest BCUT2D eigenvalue weighted by Gasteiger charge is 2.53. The van der Waals surface area contributed by atoms with Crippen molar-refractivity contribution in [2.45, 2.75) is 83.1 Å². The number of nitrogens with zero attached hydrogens (tertiary/aromatic N) is 1. The number of amides is 4. The lowest BCUT2D eigenvalue weighted by Crippen LogP contribution is -2.62. The van der Waals surface area contributed by atoms with Crippen LogP contribution in [-0.4, -0.2) is 78.3 Å². The number of ether oxygens (including phenoxy) is 1. The molecule has 0 bridgehead atoms. The van der Waals surface area contributed by atoms with Crippen LogP contribution in [0.3, 0.4) is 0 Å². The van der Waals surface area contributed by atoms with Gasteiger partial charge < -0.3 is 36.0 Å². The number of hydrogen-bond acceptors (Lipinski definition) is 6. The first kappa shape index (κ1) is 37.4. The third-order valence-corrected chi connectivity index (χ3v) is 9.65. The van der Waals surface area contributed by atoms with Gasteiger partial charge in [-0.05, 0) is 67.3 Å². The van der Waals surface area contributed by atoms with Gasteiger partial charge in [0.15, 0.2) is 0 Å². The Morgan fingerprint density at radius 1 is 0.959 bits per heavy atom. The SMILES string of the molecule is CCNC(=O)N[C@]1(C(C)CC)CCN([C@@H](CCc2ccccc2)C(=O)N[C@@H](Cc2ccccc2)[C@H](O)CNCc2cccc(OC)c2)C1=O. The number of aryl methyl sites for hydroxylation is 1. The summed E-state index contributed by atoms with van der Waals surface area (Å²) in [6.07, 6.45) is 1.54. The van der Waals surface area contributed by atoms with Gasteiger partial charge in [0.05, 0.1) is 19.3 Å². The van der Waals surface area contributed by atoms with Crippen LogP contribution in [0, 0.1) is 5.92 Å². The van der Waals surface area contributed by atoms with E-state index in [9.17, 15) is 19.5 Å². The van der Waals surface area contributed by atoms with E-state index in [0.717, 1.165) is 22.4 Å². The van der Waals surface area contributed by atoms with E-state index >= 15 is 0 Å². The van der Waals surface area contributed by atoms with E-state index in [1.807, 2.05) is 106 Å². The minimum atomic E-state index is -1.12. The van der Waals surface area contributed by atoms with Crippen molar-refractivity contribution in [3.8, 4) is 5.75 Å². The van der Waals surface area contributed by atoms with Gasteiger partial charge in [-0.1, -0.05) is 93.1 Å². The lowest BCUT2D eigenvalue weighted by Gasteiger charge is -2.36. The van der Waals surface area contributed by atoms with Gasteiger partial charge in [0, 0.05) is 26.2 Å². The Bertz CT molecular complexity index is 1490. The summed E-state index contributed by atoms with van der Waals surface area (Å²) < 4.78 is 5.34. The third-order valence-electron chi connectivity index (χ3n) is 9.65. The molecule has 4 amide bonds. The maximum atomic E-state index is 14.4. The summed E-state index contributed by atoms with van der Waals surface area (Å²) in [6, 6.07) is 25.5. The van der Waals surface area contributed by atoms with Crippen LogP contribution in [0.15, 0.2) is 84.9 Å². The Balaban J connectivity index is 1.57. The summed E-state index contributed by atoms with van der Waals surface area (Å²) in [4.78, 5) is 43.2. The number of aliphatic hydroxyl groups excluding tert-OH is 1. The third kappa shape index (κ3) is 10.1. The standard InChI is InChI=1S/C39H53N5O5/c1-5-28(3)39(43-38(48)41-6-2)22-23-44(37(39)47)34(21-20-29-14-9-7-10-15-29)36(46)42-33(25-30-16-11-8-12-17-30)35(45)27-40-26-31-18-13-19-32(24-31)49-4/h7-19,24,28,33-35,40,45H,5-6,20-23,25-27H2,1-4H3,(H,42,46)(H2,41,43,48)/t28?,33-,34-,35+,39-/m0/s1. The van der Waals surface area contributed by atoms with Crippen LogP contribution in [0.25, 0.3) is 0 Å². The Labute approximate surface area is 291 Å². The topological polar surface area (TPSA) is 132 Å². The number of urea groups is 1. The van der Waals surface area contributed by atoms with Crippen molar-refractivity contribution in [1.82, 2.24) is 26.2 Å². The number of nitrogens with one attached hydrogen (secondary N) is 4. The Hall–Kier alpha value is -4.41. The van der Waals surface area contributed by atoms with Crippen molar-refractivity contribution in [2.24, 2.45) is 5.92 Å². The molecule has 3 aromatic rings. The van der Waals surface area contributed by atoms with E-state index < -0.39 is 29.8 Å². The molecule has 10 heteroatoms. The number of aliphatic hydroxyl groups is 1. The molecule has 0 aliphatic carbocycles. The van der Waals surface area contributed by atoms with Crippen molar-refractivity contribution < 1.29 is 24.2 Å². The molecule has 1 aliphatic heterocycles. The van der Waals surface area contributed by atoms with Crippen molar-refractivity contribution in [1.29, 1.82) is 0 Å². The lowest BCUT2D eigenvalue weighted by atomic mass is 9.81. The van der Waals surface area contributed by atoms with Gasteiger partial charge in [0.25, 0.3) is 0 Å². The van der Waals surface area contributed by atoms with Gasteiger partial charge in [-0.2, -0.15) is 0 Å². The maximum Gasteiger partial charge on any atom is 0.315 e. The second-order valence-electron chi connectivity index (χ2n) is 12.9. The number of rotatable bonds is 18. The Kier molecular flexibility index (Phi) is 14.0. The second-order valence-corrected chi connectivity index (χ2v) is 12.9. The van der Waals surface area contributed by atoms with Crippen LogP contribution >= 0.6 is 0 Å². The van der Waals surface area contributed by atoms with Crippen LogP contribution in [0.5, 0.6) is 5.75 Å². The predicted octanol–water partition coefficient (Wildman–Crippen LogP) is 4.21. The molecule has 5 atom stereocenters. The zero-order valence-corrected chi connectivity index (χ0v) is 29.3. The Morgan fingerprint density at radius 2 is 1.63 bits per heavy atom. The molecular weight excluding hydrogens is 618 g/mol. The molecule has 1 fully saturated rings. The first-order chi connectivity index (χ1) is 23.7. The monoisotopic (exact) mass is 671 g/mol. The first-order valence-corrected chi connectivity index (χ1v) is 17.5. The molecule has 0 saturated carbocycles. The first-order valence-electron chi connectivity index (χ1n) is 17.5. The van der Waals surface area contributed by atoms with Gasteiger partial charge in [0.2, 0.25) is 11.8 Å². The molecule has 1 unspecified atom stereocenters. The predicted molar refractivity (Wildman–Crippen MR) is 192 cm³/mol. The van der Waals surface area contributed by atoms with E-state index in [1.165, 1.54) is 0 Å². The molecule has 0 radical (unpaired) electrons. The molecule has 0 spiro atoms. The Morgan fingerprint density at radius 3 is 2.29 bits per heavy atom. The zero-order chi connectivity index (χ0) is 35.2. The summed E-state index contributed by atoms with van der Waals surface area (Å²) in [6.45, 7) is 7.31. The van der Waals surface area contributed by atoms with Crippen LogP contribution in [0.2, 0.25) is 0 Å². The molecule has 10 nitrogen and oxygen atoms in total. The highest BCUT2D eigenvalue weighted by Crippen LogP contribution is 2.34. The average molecular weight is 672 g/mol. The van der Waals surface area contributed by atoms with E-state index in [2.05, 4.69) is 21.3 Å². The van der Waals surface area contributed by atoms with Crippen LogP contribution < -0.4 is 26.0 Å². The fourth-order valence-electron chi connectivity index (χ4n) is 6.61. The van der Waals surface area contributed by atoms with Gasteiger partial charge in [0.1, 0.15) is 17.3 Å². The summed E-state index contributed by atoms with van der Waals surface area (Å²) in [5.74, 6) is 0.0378. The maximum absolute atomic E-state index is 14.4. The van der Waals surface area contributed by atoms with E-state index in [-0.39, 0.29) is 24.3 Å². The van der Waals surface area contributed by atoms with Crippen LogP contribution in [-0.2, 0) is 29.0 Å². The lowest BCUT2D eigenvalue weighted by molar-refractivity contribution is -0.142. The van der Waals surface area contributed by atoms with Gasteiger partial charge in [-0.15, -0.1) is 0 Å². The molecule has 4 rings (SSSR count). The minimum absolute atomic E-state index is 0.145. The molecular formula is C39H53N5O5. The van der Waals surface area contributed by atoms with Crippen LogP contribution in [0.1, 0.15) is 56.7 Å². The normalized spacial score (nSPS) is 18.3. The van der Waals surface area contributed by atoms with Gasteiger partial charge in [-0.25, -0.2) is 4.79 Å². The highest BCUT2D eigenvalue weighted by atomic mass is 16.5. The largest absolute Gasteiger partial charge is 0.497 e. The summed E-state index contributed by atoms with van der Waals surface area (Å²) >= 11 is 0. The van der Waals surface area contributed by atoms with Gasteiger partial charge >= 0.3 is 6.03 Å². The summed E-state index contributed by atoms with van der Waals surface area (Å²) in [7, 11) is 1.63. The van der Waals surface area contributed by atoms with E-state index in [0.29, 0.717) is 51.7 Å². The van der Waals surface area contributed by atoms with Crippen molar-refractivity contribution in [3.05, 3.63) is 102 Å². The second kappa shape index (κ2) is 18.4. The number of benzene rings is 3. The number of carbonyl (C=O) groups excluding carboxylic acids is 3. The zero-order valence-electron chi connectivity index (χ0n) is 29.3. The fourth-order valence-corrected chi connectivity index (χ4v) is 6.61. The molecule has 1 heterocycles. The number of methoxy groups -OCH3 is 1.